The minimum Gasteiger partial charge on any atom is -0.278 e. The van der Waals surface area contributed by atoms with Crippen molar-refractivity contribution in [3.63, 3.8) is 0 Å². The lowest BCUT2D eigenvalue weighted by atomic mass is 9.67. The Labute approximate surface area is 292 Å². The van der Waals surface area contributed by atoms with Crippen LogP contribution in [0.3, 0.4) is 0 Å². The van der Waals surface area contributed by atoms with Gasteiger partial charge >= 0.3 is 0 Å². The molecular weight excluding hydrogens is 609 g/mol. The first kappa shape index (κ1) is 29.3. The molecule has 2 heterocycles. The molecule has 0 aliphatic heterocycles. The molecule has 0 saturated carbocycles. The Morgan fingerprint density at radius 1 is 0.540 bits per heavy atom. The molecule has 10 rings (SSSR count). The summed E-state index contributed by atoms with van der Waals surface area (Å²) in [6.07, 6.45) is 9.15. The van der Waals surface area contributed by atoms with E-state index in [2.05, 4.69) is 154 Å². The zero-order valence-electron chi connectivity index (χ0n) is 29.1. The van der Waals surface area contributed by atoms with E-state index in [0.717, 1.165) is 22.2 Å². The number of para-hydroxylation sites is 1. The fourth-order valence-electron chi connectivity index (χ4n) is 9.52. The summed E-state index contributed by atoms with van der Waals surface area (Å²) in [5, 5.41) is 2.39. The number of aromatic nitrogens is 4. The number of fused-ring (bicyclic) bond motifs is 9. The maximum atomic E-state index is 5.34. The normalized spacial score (nSPS) is 20.5. The highest BCUT2D eigenvalue weighted by Gasteiger charge is 2.51. The largest absolute Gasteiger partial charge is 0.278 e. The standard InChI is InChI=1S/C46H38N4/c1-44(2)34-19-11-9-17-30(34)32-26-33-31-18-10-12-20-38(31)50(39(33)27-36(32)44)43-48-41(28-15-7-6-8-16-28)47-42(49-43)29-22-23-35-37(25-29)45(3,4)40-21-13-14-24-46(35,40)5/h6-27,40H,1-5H3. The van der Waals surface area contributed by atoms with Crippen LogP contribution in [0.4, 0.5) is 0 Å². The molecule has 4 nitrogen and oxygen atoms in total. The second-order valence-electron chi connectivity index (χ2n) is 15.6. The van der Waals surface area contributed by atoms with Crippen molar-refractivity contribution in [3.8, 4) is 39.9 Å². The number of nitrogens with zero attached hydrogens (tertiary/aromatic N) is 4. The molecule has 2 atom stereocenters. The SMILES string of the molecule is CC1(C)c2ccccc2-c2cc3c4ccccc4n(-c4nc(-c5ccccc5)nc(-c5ccc6c(c5)C(C)(C)C5C=CC=CC65C)n4)c3cc21. The van der Waals surface area contributed by atoms with Crippen molar-refractivity contribution >= 4 is 21.8 Å². The van der Waals surface area contributed by atoms with Gasteiger partial charge < -0.3 is 0 Å². The second kappa shape index (κ2) is 9.98. The van der Waals surface area contributed by atoms with Crippen molar-refractivity contribution in [2.75, 3.05) is 0 Å². The van der Waals surface area contributed by atoms with Crippen molar-refractivity contribution in [2.45, 2.75) is 50.9 Å². The van der Waals surface area contributed by atoms with Gasteiger partial charge in [-0.2, -0.15) is 9.97 Å². The Hall–Kier alpha value is -5.61. The van der Waals surface area contributed by atoms with E-state index in [1.54, 1.807) is 0 Å². The Morgan fingerprint density at radius 2 is 1.28 bits per heavy atom. The fraction of sp³-hybridized carbons (Fsp3) is 0.196. The van der Waals surface area contributed by atoms with Crippen LogP contribution in [-0.2, 0) is 16.2 Å². The summed E-state index contributed by atoms with van der Waals surface area (Å²) in [6.45, 7) is 11.8. The molecule has 2 aromatic heterocycles. The summed E-state index contributed by atoms with van der Waals surface area (Å²) in [6, 6.07) is 39.4. The first-order chi connectivity index (χ1) is 24.2. The van der Waals surface area contributed by atoms with Crippen molar-refractivity contribution in [2.24, 2.45) is 5.92 Å². The van der Waals surface area contributed by atoms with Gasteiger partial charge in [-0.1, -0.05) is 144 Å². The lowest BCUT2D eigenvalue weighted by molar-refractivity contribution is 0.324. The Bertz CT molecular complexity index is 2620. The third-order valence-electron chi connectivity index (χ3n) is 12.1. The molecule has 0 fully saturated rings. The highest BCUT2D eigenvalue weighted by molar-refractivity contribution is 6.11. The molecule has 0 N–H and O–H groups in total. The number of hydrogen-bond donors (Lipinski definition) is 0. The first-order valence-electron chi connectivity index (χ1n) is 17.7. The van der Waals surface area contributed by atoms with E-state index < -0.39 is 0 Å². The Balaban J connectivity index is 1.23. The smallest absolute Gasteiger partial charge is 0.238 e. The molecule has 7 aromatic rings. The van der Waals surface area contributed by atoms with Crippen LogP contribution in [0, 0.1) is 5.92 Å². The van der Waals surface area contributed by atoms with Crippen LogP contribution in [0.5, 0.6) is 0 Å². The van der Waals surface area contributed by atoms with Gasteiger partial charge in [-0.3, -0.25) is 4.57 Å². The van der Waals surface area contributed by atoms with E-state index in [0.29, 0.717) is 23.5 Å². The number of allylic oxidation sites excluding steroid dienone is 4. The molecule has 0 radical (unpaired) electrons. The third-order valence-corrected chi connectivity index (χ3v) is 12.1. The summed E-state index contributed by atoms with van der Waals surface area (Å²) in [5.41, 5.74) is 12.0. The van der Waals surface area contributed by atoms with Crippen molar-refractivity contribution in [1.82, 2.24) is 19.5 Å². The van der Waals surface area contributed by atoms with Gasteiger partial charge in [-0.15, -0.1) is 0 Å². The van der Waals surface area contributed by atoms with E-state index >= 15 is 0 Å². The molecule has 50 heavy (non-hydrogen) atoms. The summed E-state index contributed by atoms with van der Waals surface area (Å²) >= 11 is 0. The number of benzene rings is 5. The average Bonchev–Trinajstić information content (AvgIpc) is 3.65. The van der Waals surface area contributed by atoms with Gasteiger partial charge in [0, 0.05) is 32.7 Å². The molecule has 242 valence electrons. The third kappa shape index (κ3) is 3.85. The minimum atomic E-state index is -0.129. The topological polar surface area (TPSA) is 43.6 Å². The lowest BCUT2D eigenvalue weighted by Gasteiger charge is -2.36. The van der Waals surface area contributed by atoms with Gasteiger partial charge in [0.15, 0.2) is 11.6 Å². The molecule has 4 heteroatoms. The fourth-order valence-corrected chi connectivity index (χ4v) is 9.52. The lowest BCUT2D eigenvalue weighted by Crippen LogP contribution is -2.33. The van der Waals surface area contributed by atoms with Crippen LogP contribution in [0.2, 0.25) is 0 Å². The first-order valence-corrected chi connectivity index (χ1v) is 17.7. The van der Waals surface area contributed by atoms with Crippen LogP contribution in [0.15, 0.2) is 133 Å². The van der Waals surface area contributed by atoms with E-state index in [4.69, 9.17) is 15.0 Å². The highest BCUT2D eigenvalue weighted by Crippen LogP contribution is 2.57. The minimum absolute atomic E-state index is 0.0394. The molecule has 0 spiro atoms. The molecule has 0 saturated heterocycles. The maximum Gasteiger partial charge on any atom is 0.238 e. The van der Waals surface area contributed by atoms with Gasteiger partial charge in [-0.25, -0.2) is 4.98 Å². The van der Waals surface area contributed by atoms with Crippen molar-refractivity contribution in [1.29, 1.82) is 0 Å². The zero-order valence-corrected chi connectivity index (χ0v) is 29.1. The van der Waals surface area contributed by atoms with E-state index in [1.807, 2.05) is 18.2 Å². The monoisotopic (exact) mass is 646 g/mol. The molecule has 2 unspecified atom stereocenters. The van der Waals surface area contributed by atoms with Crippen LogP contribution < -0.4 is 0 Å². The van der Waals surface area contributed by atoms with Crippen LogP contribution in [0.1, 0.15) is 56.9 Å². The van der Waals surface area contributed by atoms with Crippen LogP contribution in [0.25, 0.3) is 61.7 Å². The van der Waals surface area contributed by atoms with Crippen molar-refractivity contribution < 1.29 is 0 Å². The molecule has 0 bridgehead atoms. The Morgan fingerprint density at radius 3 is 2.12 bits per heavy atom. The van der Waals surface area contributed by atoms with Gasteiger partial charge in [0.25, 0.3) is 0 Å². The molecular formula is C46H38N4. The summed E-state index contributed by atoms with van der Waals surface area (Å²) in [4.78, 5) is 15.7. The quantitative estimate of drug-likeness (QED) is 0.192. The van der Waals surface area contributed by atoms with E-state index in [-0.39, 0.29) is 16.2 Å². The van der Waals surface area contributed by atoms with E-state index in [9.17, 15) is 0 Å². The molecule has 0 amide bonds. The average molecular weight is 647 g/mol. The van der Waals surface area contributed by atoms with Crippen molar-refractivity contribution in [3.05, 3.63) is 156 Å². The van der Waals surface area contributed by atoms with Crippen LogP contribution in [-0.4, -0.2) is 19.5 Å². The summed E-state index contributed by atoms with van der Waals surface area (Å²) in [7, 11) is 0. The van der Waals surface area contributed by atoms with Crippen LogP contribution >= 0.6 is 0 Å². The maximum absolute atomic E-state index is 5.34. The predicted molar refractivity (Wildman–Crippen MR) is 205 cm³/mol. The molecule has 5 aromatic carbocycles. The highest BCUT2D eigenvalue weighted by atomic mass is 15.2. The van der Waals surface area contributed by atoms with E-state index in [1.165, 1.54) is 44.2 Å². The summed E-state index contributed by atoms with van der Waals surface area (Å²) in [5.74, 6) is 2.35. The second-order valence-corrected chi connectivity index (χ2v) is 15.6. The van der Waals surface area contributed by atoms with Gasteiger partial charge in [0.2, 0.25) is 5.95 Å². The number of hydrogen-bond acceptors (Lipinski definition) is 3. The molecule has 3 aliphatic rings. The summed E-state index contributed by atoms with van der Waals surface area (Å²) < 4.78 is 2.25. The number of rotatable bonds is 3. The van der Waals surface area contributed by atoms with Gasteiger partial charge in [-0.05, 0) is 69.0 Å². The predicted octanol–water partition coefficient (Wildman–Crippen LogP) is 10.9. The molecule has 3 aliphatic carbocycles. The van der Waals surface area contributed by atoms with Gasteiger partial charge in [0.05, 0.1) is 11.0 Å². The Kier molecular flexibility index (Phi) is 5.85. The zero-order chi connectivity index (χ0) is 34.0. The van der Waals surface area contributed by atoms with Gasteiger partial charge in [0.1, 0.15) is 0 Å².